The van der Waals surface area contributed by atoms with Crippen LogP contribution in [0, 0.1) is 0 Å². The van der Waals surface area contributed by atoms with Crippen LogP contribution < -0.4 is 10.6 Å². The fourth-order valence-electron chi connectivity index (χ4n) is 2.54. The second-order valence-corrected chi connectivity index (χ2v) is 5.65. The molecule has 0 radical (unpaired) electrons. The Kier molecular flexibility index (Phi) is 7.11. The van der Waals surface area contributed by atoms with Crippen LogP contribution in [0.15, 0.2) is 54.6 Å². The van der Waals surface area contributed by atoms with Gasteiger partial charge in [0.15, 0.2) is 0 Å². The van der Waals surface area contributed by atoms with E-state index in [-0.39, 0.29) is 24.4 Å². The number of carbonyl (C=O) groups excluding carboxylic acids is 1. The molecule has 0 heterocycles. The first-order valence-electron chi connectivity index (χ1n) is 8.17. The van der Waals surface area contributed by atoms with Crippen LogP contribution in [0.25, 0.3) is 0 Å². The number of aromatic hydroxyl groups is 1. The van der Waals surface area contributed by atoms with Crippen molar-refractivity contribution in [3.8, 4) is 5.75 Å². The predicted molar refractivity (Wildman–Crippen MR) is 93.8 cm³/mol. The van der Waals surface area contributed by atoms with Gasteiger partial charge in [0.1, 0.15) is 5.75 Å². The monoisotopic (exact) mass is 328 g/mol. The van der Waals surface area contributed by atoms with Crippen LogP contribution in [0.1, 0.15) is 30.0 Å². The summed E-state index contributed by atoms with van der Waals surface area (Å²) in [6, 6.07) is 16.4. The summed E-state index contributed by atoms with van der Waals surface area (Å²) in [5, 5.41) is 24.3. The van der Waals surface area contributed by atoms with Crippen LogP contribution >= 0.6 is 0 Å². The normalized spacial score (nSPS) is 11.7. The summed E-state index contributed by atoms with van der Waals surface area (Å²) in [6.07, 6.45) is 1.96. The summed E-state index contributed by atoms with van der Waals surface area (Å²) in [6.45, 7) is 0.584. The molecule has 0 fully saturated rings. The van der Waals surface area contributed by atoms with E-state index in [1.54, 1.807) is 18.2 Å². The van der Waals surface area contributed by atoms with Crippen LogP contribution in [-0.4, -0.2) is 29.4 Å². The number of benzene rings is 2. The summed E-state index contributed by atoms with van der Waals surface area (Å²) < 4.78 is 0. The first-order chi connectivity index (χ1) is 11.7. The lowest BCUT2D eigenvalue weighted by Gasteiger charge is -2.19. The van der Waals surface area contributed by atoms with Gasteiger partial charge in [0.2, 0.25) is 0 Å². The van der Waals surface area contributed by atoms with E-state index in [4.69, 9.17) is 5.11 Å². The van der Waals surface area contributed by atoms with Gasteiger partial charge in [0.05, 0.1) is 6.04 Å². The summed E-state index contributed by atoms with van der Waals surface area (Å²) in [7, 11) is 0. The minimum absolute atomic E-state index is 0.101. The minimum atomic E-state index is -0.234. The molecular formula is C19H24N2O3. The molecule has 2 rings (SSSR count). The molecule has 1 atom stereocenters. The van der Waals surface area contributed by atoms with Crippen molar-refractivity contribution in [1.82, 2.24) is 10.6 Å². The van der Waals surface area contributed by atoms with Crippen molar-refractivity contribution in [1.29, 1.82) is 0 Å². The number of hydrogen-bond acceptors (Lipinski definition) is 3. The van der Waals surface area contributed by atoms with E-state index in [9.17, 15) is 9.90 Å². The van der Waals surface area contributed by atoms with Gasteiger partial charge in [-0.15, -0.1) is 0 Å². The molecular weight excluding hydrogens is 304 g/mol. The number of aliphatic hydroxyl groups excluding tert-OH is 1. The lowest BCUT2D eigenvalue weighted by atomic mass is 10.0. The Morgan fingerprint density at radius 2 is 1.88 bits per heavy atom. The van der Waals surface area contributed by atoms with Gasteiger partial charge in [0, 0.05) is 13.2 Å². The highest BCUT2D eigenvalue weighted by molar-refractivity contribution is 5.74. The number of urea groups is 1. The van der Waals surface area contributed by atoms with E-state index in [1.807, 2.05) is 36.4 Å². The van der Waals surface area contributed by atoms with E-state index in [0.717, 1.165) is 11.1 Å². The highest BCUT2D eigenvalue weighted by Crippen LogP contribution is 2.18. The van der Waals surface area contributed by atoms with Crippen LogP contribution in [0.4, 0.5) is 4.79 Å². The maximum absolute atomic E-state index is 12.1. The molecule has 5 heteroatoms. The number of phenols is 1. The van der Waals surface area contributed by atoms with Gasteiger partial charge < -0.3 is 20.8 Å². The molecule has 0 spiro atoms. The smallest absolute Gasteiger partial charge is 0.315 e. The third-order valence-corrected chi connectivity index (χ3v) is 3.77. The topological polar surface area (TPSA) is 81.6 Å². The third-order valence-electron chi connectivity index (χ3n) is 3.77. The van der Waals surface area contributed by atoms with E-state index >= 15 is 0 Å². The highest BCUT2D eigenvalue weighted by atomic mass is 16.3. The average molecular weight is 328 g/mol. The van der Waals surface area contributed by atoms with Gasteiger partial charge in [-0.05, 0) is 42.5 Å². The fraction of sp³-hybridized carbons (Fsp3) is 0.316. The molecule has 5 nitrogen and oxygen atoms in total. The summed E-state index contributed by atoms with van der Waals surface area (Å²) in [5.74, 6) is 0.227. The number of nitrogens with one attached hydrogen (secondary N) is 2. The van der Waals surface area contributed by atoms with Crippen molar-refractivity contribution in [3.05, 3.63) is 65.7 Å². The maximum atomic E-state index is 12.1. The summed E-state index contributed by atoms with van der Waals surface area (Å²) in [4.78, 5) is 12.1. The number of carbonyl (C=O) groups is 1. The fourth-order valence-corrected chi connectivity index (χ4v) is 2.54. The molecule has 2 aromatic rings. The zero-order valence-corrected chi connectivity index (χ0v) is 13.6. The van der Waals surface area contributed by atoms with Crippen LogP contribution in [-0.2, 0) is 6.42 Å². The number of hydrogen-bond donors (Lipinski definition) is 4. The van der Waals surface area contributed by atoms with Crippen molar-refractivity contribution in [2.45, 2.75) is 25.3 Å². The van der Waals surface area contributed by atoms with Gasteiger partial charge in [-0.2, -0.15) is 0 Å². The Labute approximate surface area is 142 Å². The number of phenolic OH excluding ortho intramolecular Hbond substituents is 1. The molecule has 128 valence electrons. The van der Waals surface area contributed by atoms with Gasteiger partial charge in [-0.25, -0.2) is 4.79 Å². The van der Waals surface area contributed by atoms with Gasteiger partial charge in [0.25, 0.3) is 0 Å². The molecule has 0 bridgehead atoms. The predicted octanol–water partition coefficient (Wildman–Crippen LogP) is 2.75. The van der Waals surface area contributed by atoms with E-state index in [2.05, 4.69) is 10.6 Å². The summed E-state index contributed by atoms with van der Waals surface area (Å²) >= 11 is 0. The SMILES string of the molecule is O=C(NCCc1cccc(O)c1)NC(CCCO)c1ccccc1. The van der Waals surface area contributed by atoms with Crippen LogP contribution in [0.3, 0.4) is 0 Å². The highest BCUT2D eigenvalue weighted by Gasteiger charge is 2.13. The van der Waals surface area contributed by atoms with Crippen LogP contribution in [0.5, 0.6) is 5.75 Å². The van der Waals surface area contributed by atoms with E-state index in [1.165, 1.54) is 0 Å². The van der Waals surface area contributed by atoms with Gasteiger partial charge in [-0.1, -0.05) is 42.5 Å². The van der Waals surface area contributed by atoms with Crippen molar-refractivity contribution in [3.63, 3.8) is 0 Å². The molecule has 0 saturated carbocycles. The molecule has 2 aromatic carbocycles. The maximum Gasteiger partial charge on any atom is 0.315 e. The van der Waals surface area contributed by atoms with Crippen molar-refractivity contribution >= 4 is 6.03 Å². The van der Waals surface area contributed by atoms with Gasteiger partial charge >= 0.3 is 6.03 Å². The first kappa shape index (κ1) is 17.8. The molecule has 24 heavy (non-hydrogen) atoms. The van der Waals surface area contributed by atoms with E-state index in [0.29, 0.717) is 25.8 Å². The number of amides is 2. The van der Waals surface area contributed by atoms with Crippen LogP contribution in [0.2, 0.25) is 0 Å². The van der Waals surface area contributed by atoms with Crippen molar-refractivity contribution in [2.75, 3.05) is 13.2 Å². The minimum Gasteiger partial charge on any atom is -0.508 e. The molecule has 0 saturated heterocycles. The quantitative estimate of drug-likeness (QED) is 0.601. The molecule has 0 aromatic heterocycles. The summed E-state index contributed by atoms with van der Waals surface area (Å²) in [5.41, 5.74) is 1.99. The lowest BCUT2D eigenvalue weighted by molar-refractivity contribution is 0.233. The Morgan fingerprint density at radius 3 is 2.58 bits per heavy atom. The standard InChI is InChI=1S/C19H24N2O3/c22-13-5-10-18(16-7-2-1-3-8-16)21-19(24)20-12-11-15-6-4-9-17(23)14-15/h1-4,6-9,14,18,22-23H,5,10-13H2,(H2,20,21,24). The molecule has 2 amide bonds. The zero-order valence-electron chi connectivity index (χ0n) is 13.6. The molecule has 0 aliphatic heterocycles. The molecule has 0 aliphatic carbocycles. The Hall–Kier alpha value is -2.53. The Morgan fingerprint density at radius 1 is 1.08 bits per heavy atom. The second kappa shape index (κ2) is 9.57. The number of rotatable bonds is 8. The first-order valence-corrected chi connectivity index (χ1v) is 8.17. The van der Waals surface area contributed by atoms with Crippen molar-refractivity contribution < 1.29 is 15.0 Å². The molecule has 0 aliphatic rings. The zero-order chi connectivity index (χ0) is 17.2. The molecule has 4 N–H and O–H groups in total. The second-order valence-electron chi connectivity index (χ2n) is 5.65. The molecule has 1 unspecified atom stereocenters. The lowest BCUT2D eigenvalue weighted by Crippen LogP contribution is -2.39. The van der Waals surface area contributed by atoms with E-state index < -0.39 is 0 Å². The number of aliphatic hydroxyl groups is 1. The van der Waals surface area contributed by atoms with Gasteiger partial charge in [-0.3, -0.25) is 0 Å². The largest absolute Gasteiger partial charge is 0.508 e. The Balaban J connectivity index is 1.83. The van der Waals surface area contributed by atoms with Crippen molar-refractivity contribution in [2.24, 2.45) is 0 Å². The third kappa shape index (κ3) is 5.93. The average Bonchev–Trinajstić information content (AvgIpc) is 2.59. The Bertz CT molecular complexity index is 632.